The van der Waals surface area contributed by atoms with Crippen molar-refractivity contribution in [1.82, 2.24) is 5.32 Å². The standard InChI is InChI=1S/C18H21Cl2NO2/c1-3-11-4-6-18(7-5-11)16(22)15(17(23)21-18)12-9-14(20)13(19)8-10(12)2/h8-9,11,22H,3-7H2,1-2H3,(H,21,23). The molecule has 1 heterocycles. The van der Waals surface area contributed by atoms with Gasteiger partial charge in [-0.25, -0.2) is 0 Å². The van der Waals surface area contributed by atoms with Crippen LogP contribution in [0, 0.1) is 12.8 Å². The number of nitrogens with one attached hydrogen (secondary N) is 1. The number of halogens is 2. The summed E-state index contributed by atoms with van der Waals surface area (Å²) < 4.78 is 0. The average Bonchev–Trinajstić information content (AvgIpc) is 2.75. The van der Waals surface area contributed by atoms with Gasteiger partial charge in [0.1, 0.15) is 5.76 Å². The van der Waals surface area contributed by atoms with Crippen LogP contribution in [0.3, 0.4) is 0 Å². The molecule has 1 aliphatic heterocycles. The first-order valence-electron chi connectivity index (χ1n) is 8.10. The van der Waals surface area contributed by atoms with Crippen LogP contribution in [0.25, 0.3) is 5.57 Å². The molecule has 2 N–H and O–H groups in total. The average molecular weight is 354 g/mol. The lowest BCUT2D eigenvalue weighted by molar-refractivity contribution is -0.116. The number of hydrogen-bond acceptors (Lipinski definition) is 2. The van der Waals surface area contributed by atoms with Gasteiger partial charge in [0.25, 0.3) is 5.91 Å². The summed E-state index contributed by atoms with van der Waals surface area (Å²) in [5.74, 6) is 0.624. The Bertz CT molecular complexity index is 689. The van der Waals surface area contributed by atoms with Crippen molar-refractivity contribution in [3.05, 3.63) is 39.1 Å². The predicted octanol–water partition coefficient (Wildman–Crippen LogP) is 5.04. The smallest absolute Gasteiger partial charge is 0.256 e. The van der Waals surface area contributed by atoms with Gasteiger partial charge in [-0.1, -0.05) is 36.5 Å². The summed E-state index contributed by atoms with van der Waals surface area (Å²) in [7, 11) is 0. The molecule has 5 heteroatoms. The van der Waals surface area contributed by atoms with Gasteiger partial charge in [0, 0.05) is 0 Å². The maximum absolute atomic E-state index is 12.6. The maximum Gasteiger partial charge on any atom is 0.256 e. The fourth-order valence-electron chi connectivity index (χ4n) is 3.79. The van der Waals surface area contributed by atoms with Crippen LogP contribution in [0.15, 0.2) is 17.9 Å². The molecule has 0 radical (unpaired) electrons. The summed E-state index contributed by atoms with van der Waals surface area (Å²) in [5, 5.41) is 14.7. The molecule has 1 aliphatic carbocycles. The minimum Gasteiger partial charge on any atom is -0.509 e. The van der Waals surface area contributed by atoms with E-state index >= 15 is 0 Å². The Morgan fingerprint density at radius 3 is 2.48 bits per heavy atom. The number of carbonyl (C=O) groups excluding carboxylic acids is 1. The number of hydrogen-bond donors (Lipinski definition) is 2. The second kappa shape index (κ2) is 6.03. The number of benzene rings is 1. The molecule has 23 heavy (non-hydrogen) atoms. The Morgan fingerprint density at radius 2 is 1.87 bits per heavy atom. The fraction of sp³-hybridized carbons (Fsp3) is 0.500. The molecule has 0 atom stereocenters. The summed E-state index contributed by atoms with van der Waals surface area (Å²) in [6.07, 6.45) is 4.76. The number of amides is 1. The molecule has 1 amide bonds. The van der Waals surface area contributed by atoms with Crippen LogP contribution >= 0.6 is 23.2 Å². The van der Waals surface area contributed by atoms with Gasteiger partial charge in [-0.15, -0.1) is 0 Å². The van der Waals surface area contributed by atoms with Gasteiger partial charge >= 0.3 is 0 Å². The molecule has 1 fully saturated rings. The highest BCUT2D eigenvalue weighted by molar-refractivity contribution is 6.42. The van der Waals surface area contributed by atoms with Gasteiger partial charge < -0.3 is 10.4 Å². The van der Waals surface area contributed by atoms with Crippen molar-refractivity contribution >= 4 is 34.7 Å². The van der Waals surface area contributed by atoms with Crippen LogP contribution in [0.4, 0.5) is 0 Å². The molecule has 1 aromatic rings. The van der Waals surface area contributed by atoms with Crippen molar-refractivity contribution in [2.24, 2.45) is 5.92 Å². The first-order valence-corrected chi connectivity index (χ1v) is 8.86. The monoisotopic (exact) mass is 353 g/mol. The van der Waals surface area contributed by atoms with E-state index in [0.717, 1.165) is 37.7 Å². The number of aliphatic hydroxyl groups is 1. The molecule has 1 saturated carbocycles. The van der Waals surface area contributed by atoms with Crippen molar-refractivity contribution in [3.63, 3.8) is 0 Å². The van der Waals surface area contributed by atoms with E-state index in [1.807, 2.05) is 6.92 Å². The van der Waals surface area contributed by atoms with Crippen molar-refractivity contribution < 1.29 is 9.90 Å². The van der Waals surface area contributed by atoms with Crippen molar-refractivity contribution in [2.45, 2.75) is 51.5 Å². The highest BCUT2D eigenvalue weighted by atomic mass is 35.5. The molecule has 0 saturated heterocycles. The van der Waals surface area contributed by atoms with Crippen LogP contribution in [-0.4, -0.2) is 16.6 Å². The van der Waals surface area contributed by atoms with E-state index in [1.165, 1.54) is 0 Å². The SMILES string of the molecule is CCC1CCC2(CC1)NC(=O)C(c1cc(Cl)c(Cl)cc1C)=C2O. The summed E-state index contributed by atoms with van der Waals surface area (Å²) in [5.41, 5.74) is 1.23. The molecule has 0 aromatic heterocycles. The normalized spacial score (nSPS) is 27.7. The van der Waals surface area contributed by atoms with Crippen LogP contribution in [0.2, 0.25) is 10.0 Å². The Morgan fingerprint density at radius 1 is 1.26 bits per heavy atom. The number of carbonyl (C=O) groups is 1. The fourth-order valence-corrected chi connectivity index (χ4v) is 4.17. The summed E-state index contributed by atoms with van der Waals surface area (Å²) in [4.78, 5) is 12.6. The molecule has 0 bridgehead atoms. The van der Waals surface area contributed by atoms with Gasteiger partial charge in [-0.2, -0.15) is 0 Å². The molecular formula is C18H21Cl2NO2. The predicted molar refractivity (Wildman–Crippen MR) is 93.9 cm³/mol. The maximum atomic E-state index is 12.6. The first kappa shape index (κ1) is 16.7. The van der Waals surface area contributed by atoms with E-state index in [4.69, 9.17) is 23.2 Å². The third kappa shape index (κ3) is 2.74. The van der Waals surface area contributed by atoms with Crippen molar-refractivity contribution in [2.75, 3.05) is 0 Å². The Hall–Kier alpha value is -1.19. The molecule has 2 aliphatic rings. The number of rotatable bonds is 2. The van der Waals surface area contributed by atoms with Crippen LogP contribution in [-0.2, 0) is 4.79 Å². The molecule has 3 rings (SSSR count). The lowest BCUT2D eigenvalue weighted by atomic mass is 9.75. The van der Waals surface area contributed by atoms with E-state index in [-0.39, 0.29) is 11.7 Å². The zero-order valence-corrected chi connectivity index (χ0v) is 14.9. The van der Waals surface area contributed by atoms with Gasteiger partial charge in [0.05, 0.1) is 21.2 Å². The van der Waals surface area contributed by atoms with E-state index in [2.05, 4.69) is 12.2 Å². The van der Waals surface area contributed by atoms with E-state index in [0.29, 0.717) is 27.1 Å². The van der Waals surface area contributed by atoms with Crippen molar-refractivity contribution in [1.29, 1.82) is 0 Å². The highest BCUT2D eigenvalue weighted by Gasteiger charge is 2.47. The van der Waals surface area contributed by atoms with Crippen LogP contribution < -0.4 is 5.32 Å². The van der Waals surface area contributed by atoms with Gasteiger partial charge in [0.15, 0.2) is 0 Å². The third-order valence-electron chi connectivity index (χ3n) is 5.34. The van der Waals surface area contributed by atoms with E-state index in [9.17, 15) is 9.90 Å². The van der Waals surface area contributed by atoms with Crippen molar-refractivity contribution in [3.8, 4) is 0 Å². The minimum atomic E-state index is -0.601. The second-order valence-corrected chi connectivity index (χ2v) is 7.51. The number of aryl methyl sites for hydroxylation is 1. The Balaban J connectivity index is 2.02. The molecule has 3 nitrogen and oxygen atoms in total. The summed E-state index contributed by atoms with van der Waals surface area (Å²) in [6, 6.07) is 3.40. The van der Waals surface area contributed by atoms with E-state index in [1.54, 1.807) is 12.1 Å². The topological polar surface area (TPSA) is 49.3 Å². The minimum absolute atomic E-state index is 0.165. The zero-order valence-electron chi connectivity index (χ0n) is 13.4. The quantitative estimate of drug-likeness (QED) is 0.782. The summed E-state index contributed by atoms with van der Waals surface area (Å²) >= 11 is 12.1. The molecule has 0 unspecified atom stereocenters. The first-order chi connectivity index (χ1) is 10.9. The number of aliphatic hydroxyl groups excluding tert-OH is 1. The van der Waals surface area contributed by atoms with Crippen LogP contribution in [0.5, 0.6) is 0 Å². The van der Waals surface area contributed by atoms with Gasteiger partial charge in [-0.05, 0) is 61.8 Å². The molecule has 1 aromatic carbocycles. The molecule has 1 spiro atoms. The lowest BCUT2D eigenvalue weighted by Crippen LogP contribution is -2.47. The largest absolute Gasteiger partial charge is 0.509 e. The third-order valence-corrected chi connectivity index (χ3v) is 6.06. The van der Waals surface area contributed by atoms with Gasteiger partial charge in [0.2, 0.25) is 0 Å². The highest BCUT2D eigenvalue weighted by Crippen LogP contribution is 2.44. The Labute approximate surface area is 146 Å². The van der Waals surface area contributed by atoms with Gasteiger partial charge in [-0.3, -0.25) is 4.79 Å². The molecule has 124 valence electrons. The Kier molecular flexibility index (Phi) is 4.37. The second-order valence-electron chi connectivity index (χ2n) is 6.69. The molecular weight excluding hydrogens is 333 g/mol. The zero-order chi connectivity index (χ0) is 16.8. The van der Waals surface area contributed by atoms with Crippen LogP contribution in [0.1, 0.15) is 50.2 Å². The summed E-state index contributed by atoms with van der Waals surface area (Å²) in [6.45, 7) is 4.06. The lowest BCUT2D eigenvalue weighted by Gasteiger charge is -2.36. The van der Waals surface area contributed by atoms with E-state index < -0.39 is 5.54 Å².